The van der Waals surface area contributed by atoms with Gasteiger partial charge in [0.1, 0.15) is 0 Å². The Morgan fingerprint density at radius 1 is 1.18 bits per heavy atom. The van der Waals surface area contributed by atoms with E-state index in [1.165, 1.54) is 31.2 Å². The molecule has 1 N–H and O–H groups in total. The highest BCUT2D eigenvalue weighted by molar-refractivity contribution is 5.30. The molecule has 2 aliphatic rings. The number of piperidine rings is 1. The molecule has 0 radical (unpaired) electrons. The number of hydrogen-bond acceptors (Lipinski definition) is 3. The summed E-state index contributed by atoms with van der Waals surface area (Å²) in [6, 6.07) is 12.5. The molecule has 2 fully saturated rings. The minimum atomic E-state index is 0.707. The Morgan fingerprint density at radius 2 is 1.91 bits per heavy atom. The zero-order valence-corrected chi connectivity index (χ0v) is 13.2. The third-order valence-corrected chi connectivity index (χ3v) is 5.16. The number of nitrogens with one attached hydrogen (secondary N) is 1. The van der Waals surface area contributed by atoms with Crippen LogP contribution in [-0.2, 0) is 6.54 Å². The molecule has 1 aromatic carbocycles. The van der Waals surface area contributed by atoms with Crippen molar-refractivity contribution in [3.05, 3.63) is 48.3 Å². The highest BCUT2D eigenvalue weighted by Crippen LogP contribution is 2.29. The van der Waals surface area contributed by atoms with Gasteiger partial charge in [-0.3, -0.25) is 4.90 Å². The van der Waals surface area contributed by atoms with Crippen molar-refractivity contribution in [2.75, 3.05) is 7.05 Å². The molecule has 116 valence electrons. The quantitative estimate of drug-likeness (QED) is 0.941. The second kappa shape index (κ2) is 5.86. The summed E-state index contributed by atoms with van der Waals surface area (Å²) < 4.78 is 1.97. The third kappa shape index (κ3) is 2.81. The molecule has 0 spiro atoms. The van der Waals surface area contributed by atoms with Crippen molar-refractivity contribution in [2.24, 2.45) is 0 Å². The largest absolute Gasteiger partial charge is 0.311 e. The summed E-state index contributed by atoms with van der Waals surface area (Å²) in [5.41, 5.74) is 2.41. The predicted molar refractivity (Wildman–Crippen MR) is 88.0 cm³/mol. The second-order valence-electron chi connectivity index (χ2n) is 6.81. The molecule has 0 saturated carbocycles. The fraction of sp³-hybridized carbons (Fsp3) is 0.500. The topological polar surface area (TPSA) is 33.1 Å². The molecule has 2 atom stereocenters. The van der Waals surface area contributed by atoms with E-state index < -0.39 is 0 Å². The molecule has 1 aromatic heterocycles. The van der Waals surface area contributed by atoms with Gasteiger partial charge in [0.2, 0.25) is 0 Å². The molecule has 0 amide bonds. The van der Waals surface area contributed by atoms with Crippen LogP contribution in [0.5, 0.6) is 0 Å². The first kappa shape index (κ1) is 14.0. The van der Waals surface area contributed by atoms with Crippen molar-refractivity contribution in [3.8, 4) is 5.69 Å². The van der Waals surface area contributed by atoms with Gasteiger partial charge in [-0.15, -0.1) is 0 Å². The summed E-state index contributed by atoms with van der Waals surface area (Å²) in [6.45, 7) is 0.983. The average Bonchev–Trinajstić information content (AvgIpc) is 3.14. The van der Waals surface area contributed by atoms with E-state index in [-0.39, 0.29) is 0 Å². The number of nitrogens with zero attached hydrogens (tertiary/aromatic N) is 3. The van der Waals surface area contributed by atoms with Crippen molar-refractivity contribution in [3.63, 3.8) is 0 Å². The summed E-state index contributed by atoms with van der Waals surface area (Å²) >= 11 is 0. The van der Waals surface area contributed by atoms with E-state index in [2.05, 4.69) is 40.7 Å². The molecule has 2 unspecified atom stereocenters. The lowest BCUT2D eigenvalue weighted by Crippen LogP contribution is -2.46. The van der Waals surface area contributed by atoms with Crippen molar-refractivity contribution >= 4 is 0 Å². The van der Waals surface area contributed by atoms with Gasteiger partial charge in [0.15, 0.2) is 0 Å². The molecule has 2 saturated heterocycles. The van der Waals surface area contributed by atoms with Crippen molar-refractivity contribution in [1.82, 2.24) is 20.0 Å². The van der Waals surface area contributed by atoms with Gasteiger partial charge in [-0.25, -0.2) is 4.68 Å². The Bertz CT molecular complexity index is 609. The van der Waals surface area contributed by atoms with E-state index in [0.717, 1.165) is 24.3 Å². The lowest BCUT2D eigenvalue weighted by molar-refractivity contribution is 0.166. The molecule has 4 rings (SSSR count). The summed E-state index contributed by atoms with van der Waals surface area (Å²) in [5.74, 6) is 0. The molecular formula is C18H24N4. The van der Waals surface area contributed by atoms with E-state index >= 15 is 0 Å². The number of aromatic nitrogens is 2. The Balaban J connectivity index is 1.42. The minimum absolute atomic E-state index is 0.707. The van der Waals surface area contributed by atoms with Crippen LogP contribution in [0.2, 0.25) is 0 Å². The molecular weight excluding hydrogens is 272 g/mol. The number of fused-ring (bicyclic) bond motifs is 2. The second-order valence-corrected chi connectivity index (χ2v) is 6.81. The van der Waals surface area contributed by atoms with E-state index in [4.69, 9.17) is 0 Å². The van der Waals surface area contributed by atoms with Crippen LogP contribution in [0.25, 0.3) is 5.69 Å². The van der Waals surface area contributed by atoms with E-state index in [0.29, 0.717) is 6.04 Å². The maximum Gasteiger partial charge on any atom is 0.0645 e. The predicted octanol–water partition coefficient (Wildman–Crippen LogP) is 2.59. The van der Waals surface area contributed by atoms with Crippen LogP contribution in [0.1, 0.15) is 31.2 Å². The Hall–Kier alpha value is -1.65. The summed E-state index contributed by atoms with van der Waals surface area (Å²) in [4.78, 5) is 2.51. The summed E-state index contributed by atoms with van der Waals surface area (Å²) in [5, 5.41) is 8.23. The first-order valence-electron chi connectivity index (χ1n) is 8.33. The Labute approximate surface area is 132 Å². The van der Waals surface area contributed by atoms with Gasteiger partial charge in [-0.1, -0.05) is 18.2 Å². The van der Waals surface area contributed by atoms with Crippen molar-refractivity contribution in [1.29, 1.82) is 0 Å². The van der Waals surface area contributed by atoms with E-state index in [1.54, 1.807) is 0 Å². The molecule has 22 heavy (non-hydrogen) atoms. The summed E-state index contributed by atoms with van der Waals surface area (Å²) in [6.07, 6.45) is 9.46. The van der Waals surface area contributed by atoms with Gasteiger partial charge >= 0.3 is 0 Å². The molecule has 2 aliphatic heterocycles. The third-order valence-electron chi connectivity index (χ3n) is 5.16. The minimum Gasteiger partial charge on any atom is -0.311 e. The maximum absolute atomic E-state index is 4.50. The zero-order valence-electron chi connectivity index (χ0n) is 13.2. The molecule has 3 heterocycles. The van der Waals surface area contributed by atoms with Gasteiger partial charge in [0.05, 0.1) is 11.9 Å². The van der Waals surface area contributed by atoms with Gasteiger partial charge in [-0.05, 0) is 44.9 Å². The highest BCUT2D eigenvalue weighted by atomic mass is 15.3. The van der Waals surface area contributed by atoms with Crippen molar-refractivity contribution < 1.29 is 0 Å². The molecule has 2 aromatic rings. The van der Waals surface area contributed by atoms with Crippen LogP contribution >= 0.6 is 0 Å². The zero-order chi connectivity index (χ0) is 14.9. The first-order chi connectivity index (χ1) is 10.8. The fourth-order valence-electron chi connectivity index (χ4n) is 3.97. The lowest BCUT2D eigenvalue weighted by atomic mass is 9.98. The number of rotatable bonds is 4. The monoisotopic (exact) mass is 296 g/mol. The fourth-order valence-corrected chi connectivity index (χ4v) is 3.97. The molecule has 4 heteroatoms. The number of benzene rings is 1. The van der Waals surface area contributed by atoms with Gasteiger partial charge in [0, 0.05) is 36.4 Å². The lowest BCUT2D eigenvalue weighted by Gasteiger charge is -2.35. The maximum atomic E-state index is 4.50. The Kier molecular flexibility index (Phi) is 3.72. The number of hydrogen-bond donors (Lipinski definition) is 1. The molecule has 2 bridgehead atoms. The van der Waals surface area contributed by atoms with Gasteiger partial charge in [0.25, 0.3) is 0 Å². The molecule has 0 aliphatic carbocycles. The van der Waals surface area contributed by atoms with Crippen LogP contribution in [-0.4, -0.2) is 39.9 Å². The van der Waals surface area contributed by atoms with Crippen LogP contribution in [0, 0.1) is 0 Å². The molecule has 4 nitrogen and oxygen atoms in total. The van der Waals surface area contributed by atoms with Crippen molar-refractivity contribution in [2.45, 2.75) is 50.4 Å². The average molecular weight is 296 g/mol. The normalized spacial score (nSPS) is 27.5. The standard InChI is InChI=1S/C18H24N4/c1-21(18-9-15-7-8-16(10-18)20-15)12-14-11-19-22(13-14)17-5-3-2-4-6-17/h2-6,11,13,15-16,18,20H,7-10,12H2,1H3. The van der Waals surface area contributed by atoms with Gasteiger partial charge in [-0.2, -0.15) is 5.10 Å². The highest BCUT2D eigenvalue weighted by Gasteiger charge is 2.34. The van der Waals surface area contributed by atoms with Crippen LogP contribution < -0.4 is 5.32 Å². The number of para-hydroxylation sites is 1. The van der Waals surface area contributed by atoms with E-state index in [1.807, 2.05) is 29.1 Å². The Morgan fingerprint density at radius 3 is 2.64 bits per heavy atom. The van der Waals surface area contributed by atoms with Crippen LogP contribution in [0.3, 0.4) is 0 Å². The SMILES string of the molecule is CN(Cc1cnn(-c2ccccc2)c1)C1CC2CCC(C1)N2. The van der Waals surface area contributed by atoms with Gasteiger partial charge < -0.3 is 5.32 Å². The first-order valence-corrected chi connectivity index (χ1v) is 8.33. The van der Waals surface area contributed by atoms with Crippen LogP contribution in [0.4, 0.5) is 0 Å². The summed E-state index contributed by atoms with van der Waals surface area (Å²) in [7, 11) is 2.26. The smallest absolute Gasteiger partial charge is 0.0645 e. The van der Waals surface area contributed by atoms with Crippen LogP contribution in [0.15, 0.2) is 42.7 Å². The van der Waals surface area contributed by atoms with E-state index in [9.17, 15) is 0 Å².